The van der Waals surface area contributed by atoms with Crippen LogP contribution >= 0.6 is 11.3 Å². The quantitative estimate of drug-likeness (QED) is 0.284. The first-order valence-corrected chi connectivity index (χ1v) is 13.5. The predicted octanol–water partition coefficient (Wildman–Crippen LogP) is 4.28. The maximum Gasteiger partial charge on any atom is 0.338 e. The van der Waals surface area contributed by atoms with Crippen LogP contribution in [0.1, 0.15) is 29.7 Å². The summed E-state index contributed by atoms with van der Waals surface area (Å²) >= 11 is 1.19. The van der Waals surface area contributed by atoms with E-state index in [4.69, 9.17) is 18.9 Å². The number of carbonyl (C=O) groups excluding carboxylic acids is 1. The van der Waals surface area contributed by atoms with Gasteiger partial charge < -0.3 is 18.9 Å². The molecule has 4 aromatic rings. The summed E-state index contributed by atoms with van der Waals surface area (Å²) in [6.07, 6.45) is 1.70. The highest BCUT2D eigenvalue weighted by Gasteiger charge is 2.33. The lowest BCUT2D eigenvalue weighted by Gasteiger charge is -2.24. The number of aromatic nitrogens is 1. The number of esters is 1. The zero-order valence-electron chi connectivity index (χ0n) is 23.1. The van der Waals surface area contributed by atoms with Crippen molar-refractivity contribution in [3.8, 4) is 17.2 Å². The molecule has 0 radical (unpaired) electrons. The highest BCUT2D eigenvalue weighted by atomic mass is 32.1. The fraction of sp³-hybridized carbons (Fsp3) is 0.194. The van der Waals surface area contributed by atoms with Crippen molar-refractivity contribution in [1.29, 1.82) is 0 Å². The normalized spacial score (nSPS) is 14.7. The molecule has 0 unspecified atom stereocenters. The third-order valence-electron chi connectivity index (χ3n) is 6.74. The van der Waals surface area contributed by atoms with Crippen molar-refractivity contribution in [2.75, 3.05) is 21.3 Å². The second-order valence-electron chi connectivity index (χ2n) is 9.28. The minimum absolute atomic E-state index is 0.0617. The number of fused-ring (bicyclic) bond motifs is 1. The van der Waals surface area contributed by atoms with Gasteiger partial charge in [0, 0.05) is 11.6 Å². The van der Waals surface area contributed by atoms with Crippen molar-refractivity contribution in [2.45, 2.75) is 19.6 Å². The summed E-state index contributed by atoms with van der Waals surface area (Å²) in [5.74, 6) is -1.08. The molecule has 216 valence electrons. The van der Waals surface area contributed by atoms with Crippen molar-refractivity contribution in [3.63, 3.8) is 0 Å². The summed E-state index contributed by atoms with van der Waals surface area (Å²) in [5.41, 5.74) is 2.31. The fourth-order valence-electron chi connectivity index (χ4n) is 4.69. The molecule has 8 nitrogen and oxygen atoms in total. The molecular formula is C31H26F2N2O6S. The van der Waals surface area contributed by atoms with E-state index in [-0.39, 0.29) is 23.5 Å². The van der Waals surface area contributed by atoms with E-state index in [2.05, 4.69) is 4.99 Å². The Balaban J connectivity index is 1.57. The van der Waals surface area contributed by atoms with Crippen molar-refractivity contribution in [1.82, 2.24) is 4.57 Å². The number of carbonyl (C=O) groups is 1. The lowest BCUT2D eigenvalue weighted by atomic mass is 9.96. The molecule has 2 heterocycles. The van der Waals surface area contributed by atoms with E-state index < -0.39 is 23.6 Å². The Morgan fingerprint density at radius 1 is 1.00 bits per heavy atom. The number of hydrogen-bond acceptors (Lipinski definition) is 8. The predicted molar refractivity (Wildman–Crippen MR) is 152 cm³/mol. The van der Waals surface area contributed by atoms with Gasteiger partial charge in [0.15, 0.2) is 16.4 Å². The van der Waals surface area contributed by atoms with Crippen molar-refractivity contribution in [2.24, 2.45) is 4.99 Å². The summed E-state index contributed by atoms with van der Waals surface area (Å²) in [6.45, 7) is 1.65. The molecule has 1 atom stereocenters. The van der Waals surface area contributed by atoms with E-state index in [0.717, 1.165) is 12.1 Å². The van der Waals surface area contributed by atoms with Crippen LogP contribution in [0.3, 0.4) is 0 Å². The van der Waals surface area contributed by atoms with Gasteiger partial charge in [0.2, 0.25) is 0 Å². The molecule has 0 amide bonds. The van der Waals surface area contributed by atoms with Crippen molar-refractivity contribution < 1.29 is 32.5 Å². The zero-order chi connectivity index (χ0) is 30.0. The molecule has 0 saturated heterocycles. The van der Waals surface area contributed by atoms with E-state index in [1.54, 1.807) is 62.6 Å². The van der Waals surface area contributed by atoms with Crippen LogP contribution in [-0.4, -0.2) is 31.9 Å². The van der Waals surface area contributed by atoms with E-state index in [1.165, 1.54) is 36.2 Å². The fourth-order valence-corrected chi connectivity index (χ4v) is 5.74. The van der Waals surface area contributed by atoms with Crippen LogP contribution in [-0.2, 0) is 16.1 Å². The van der Waals surface area contributed by atoms with Gasteiger partial charge in [-0.15, -0.1) is 0 Å². The van der Waals surface area contributed by atoms with Gasteiger partial charge in [-0.1, -0.05) is 29.5 Å². The molecule has 5 rings (SSSR count). The maximum absolute atomic E-state index is 14.1. The Hall–Kier alpha value is -4.77. The Bertz CT molecular complexity index is 1880. The Labute approximate surface area is 243 Å². The monoisotopic (exact) mass is 592 g/mol. The number of allylic oxidation sites excluding steroid dienone is 1. The van der Waals surface area contributed by atoms with Crippen LogP contribution in [0.15, 0.2) is 81.7 Å². The molecule has 0 fully saturated rings. The SMILES string of the molecule is COC(=O)C1=C(C)N=c2s/c(=C/c3ccc(OC)c(COc4ccc(F)cc4F)c3)c(=O)n2[C@@H]1c1ccc(OC)cc1. The largest absolute Gasteiger partial charge is 0.497 e. The highest BCUT2D eigenvalue weighted by Crippen LogP contribution is 2.31. The number of hydrogen-bond donors (Lipinski definition) is 0. The second kappa shape index (κ2) is 12.0. The summed E-state index contributed by atoms with van der Waals surface area (Å²) < 4.78 is 50.6. The molecule has 1 aliphatic rings. The lowest BCUT2D eigenvalue weighted by Crippen LogP contribution is -2.39. The Morgan fingerprint density at radius 3 is 2.40 bits per heavy atom. The summed E-state index contributed by atoms with van der Waals surface area (Å²) in [4.78, 5) is 31.7. The molecule has 3 aromatic carbocycles. The van der Waals surface area contributed by atoms with Crippen molar-refractivity contribution in [3.05, 3.63) is 120 Å². The lowest BCUT2D eigenvalue weighted by molar-refractivity contribution is -0.136. The first-order valence-electron chi connectivity index (χ1n) is 12.7. The number of halogens is 2. The number of methoxy groups -OCH3 is 3. The zero-order valence-corrected chi connectivity index (χ0v) is 24.0. The summed E-state index contributed by atoms with van der Waals surface area (Å²) in [7, 11) is 4.34. The third-order valence-corrected chi connectivity index (χ3v) is 7.72. The topological polar surface area (TPSA) is 88.4 Å². The average Bonchev–Trinajstić information content (AvgIpc) is 3.29. The minimum atomic E-state index is -0.820. The molecule has 0 aliphatic carbocycles. The number of rotatable bonds is 8. The minimum Gasteiger partial charge on any atom is -0.497 e. The number of benzene rings is 3. The standard InChI is InChI=1S/C31H26F2N2O6S/c1-17-27(30(37)40-4)28(19-6-9-22(38-2)10-7-19)35-29(36)26(42-31(35)34-17)14-18-5-11-24(39-3)20(13-18)16-41-25-12-8-21(32)15-23(25)33/h5-15,28H,16H2,1-4H3/b26-14+/t28-/m1/s1. The van der Waals surface area contributed by atoms with Gasteiger partial charge in [0.25, 0.3) is 5.56 Å². The van der Waals surface area contributed by atoms with Gasteiger partial charge in [-0.25, -0.2) is 18.6 Å². The average molecular weight is 593 g/mol. The molecule has 0 bridgehead atoms. The molecule has 42 heavy (non-hydrogen) atoms. The third kappa shape index (κ3) is 5.55. The van der Waals surface area contributed by atoms with Crippen LogP contribution in [0.2, 0.25) is 0 Å². The highest BCUT2D eigenvalue weighted by molar-refractivity contribution is 7.07. The molecule has 0 N–H and O–H groups in total. The van der Waals surface area contributed by atoms with Gasteiger partial charge >= 0.3 is 5.97 Å². The van der Waals surface area contributed by atoms with Crippen LogP contribution in [0.25, 0.3) is 6.08 Å². The van der Waals surface area contributed by atoms with Crippen molar-refractivity contribution >= 4 is 23.4 Å². The van der Waals surface area contributed by atoms with Gasteiger partial charge in [-0.05, 0) is 60.5 Å². The van der Waals surface area contributed by atoms with E-state index in [0.29, 0.717) is 43.2 Å². The molecular weight excluding hydrogens is 566 g/mol. The molecule has 1 aliphatic heterocycles. The smallest absolute Gasteiger partial charge is 0.338 e. The van der Waals surface area contributed by atoms with E-state index >= 15 is 0 Å². The first-order chi connectivity index (χ1) is 20.2. The first kappa shape index (κ1) is 28.7. The second-order valence-corrected chi connectivity index (χ2v) is 10.3. The molecule has 0 spiro atoms. The van der Waals surface area contributed by atoms with Gasteiger partial charge in [-0.3, -0.25) is 9.36 Å². The van der Waals surface area contributed by atoms with Crippen LogP contribution in [0, 0.1) is 11.6 Å². The summed E-state index contributed by atoms with van der Waals surface area (Å²) in [6, 6.07) is 14.6. The number of nitrogens with zero attached hydrogens (tertiary/aromatic N) is 2. The van der Waals surface area contributed by atoms with Crippen LogP contribution in [0.5, 0.6) is 17.2 Å². The maximum atomic E-state index is 14.1. The van der Waals surface area contributed by atoms with Gasteiger partial charge in [0.05, 0.1) is 43.2 Å². The van der Waals surface area contributed by atoms with Crippen LogP contribution < -0.4 is 29.1 Å². The Kier molecular flexibility index (Phi) is 8.21. The van der Waals surface area contributed by atoms with E-state index in [9.17, 15) is 18.4 Å². The Morgan fingerprint density at radius 2 is 1.74 bits per heavy atom. The number of ether oxygens (including phenoxy) is 4. The summed E-state index contributed by atoms with van der Waals surface area (Å²) in [5, 5.41) is 0. The van der Waals surface area contributed by atoms with Gasteiger partial charge in [-0.2, -0.15) is 0 Å². The molecule has 0 saturated carbocycles. The van der Waals surface area contributed by atoms with Gasteiger partial charge in [0.1, 0.15) is 23.9 Å². The van der Waals surface area contributed by atoms with Crippen LogP contribution in [0.4, 0.5) is 8.78 Å². The molecule has 1 aromatic heterocycles. The van der Waals surface area contributed by atoms with E-state index in [1.807, 2.05) is 0 Å². The number of thiazole rings is 1. The molecule has 11 heteroatoms.